The van der Waals surface area contributed by atoms with Gasteiger partial charge in [-0.25, -0.2) is 0 Å². The first-order valence-electron chi connectivity index (χ1n) is 8.04. The van der Waals surface area contributed by atoms with Gasteiger partial charge in [0, 0.05) is 23.9 Å². The molecule has 110 valence electrons. The summed E-state index contributed by atoms with van der Waals surface area (Å²) in [5.41, 5.74) is 2.99. The summed E-state index contributed by atoms with van der Waals surface area (Å²) in [5.74, 6) is 1.24. The zero-order valence-electron chi connectivity index (χ0n) is 12.4. The van der Waals surface area contributed by atoms with Crippen LogP contribution in [-0.4, -0.2) is 23.6 Å². The largest absolute Gasteiger partial charge is 0.313 e. The Morgan fingerprint density at radius 3 is 3.05 bits per heavy atom. The molecule has 3 atom stereocenters. The summed E-state index contributed by atoms with van der Waals surface area (Å²) in [6.45, 7) is 4.42. The first-order chi connectivity index (χ1) is 9.88. The third-order valence-corrected chi connectivity index (χ3v) is 5.93. The van der Waals surface area contributed by atoms with Crippen molar-refractivity contribution in [3.63, 3.8) is 0 Å². The lowest BCUT2D eigenvalue weighted by molar-refractivity contribution is 0.425. The zero-order valence-corrected chi connectivity index (χ0v) is 13.2. The van der Waals surface area contributed by atoms with E-state index in [4.69, 9.17) is 0 Å². The summed E-state index contributed by atoms with van der Waals surface area (Å²) in [4.78, 5) is 0. The molecule has 3 unspecified atom stereocenters. The molecule has 0 radical (unpaired) electrons. The number of hydrogen-bond acceptors (Lipinski definition) is 3. The van der Waals surface area contributed by atoms with Gasteiger partial charge in [-0.15, -0.1) is 0 Å². The van der Waals surface area contributed by atoms with Gasteiger partial charge < -0.3 is 10.6 Å². The molecule has 1 aliphatic carbocycles. The summed E-state index contributed by atoms with van der Waals surface area (Å²) in [7, 11) is 0. The van der Waals surface area contributed by atoms with Gasteiger partial charge in [0.05, 0.1) is 0 Å². The molecule has 1 aliphatic heterocycles. The van der Waals surface area contributed by atoms with Crippen molar-refractivity contribution in [2.45, 2.75) is 56.5 Å². The first-order valence-corrected chi connectivity index (χ1v) is 9.09. The Balaban J connectivity index is 1.73. The molecule has 0 spiro atoms. The van der Waals surface area contributed by atoms with E-state index in [1.165, 1.54) is 42.6 Å². The van der Waals surface area contributed by atoms with E-state index in [0.717, 1.165) is 18.3 Å². The molecule has 0 bridgehead atoms. The summed E-state index contributed by atoms with van der Waals surface area (Å²) < 4.78 is 0. The smallest absolute Gasteiger partial charge is 0.0338 e. The molecule has 1 heterocycles. The maximum atomic E-state index is 3.99. The fourth-order valence-corrected chi connectivity index (χ4v) is 4.83. The number of fused-ring (bicyclic) bond motifs is 1. The average molecular weight is 290 g/mol. The predicted octanol–water partition coefficient (Wildman–Crippen LogP) is 3.48. The molecule has 3 rings (SSSR count). The van der Waals surface area contributed by atoms with E-state index in [2.05, 4.69) is 53.6 Å². The van der Waals surface area contributed by atoms with E-state index in [-0.39, 0.29) is 0 Å². The highest BCUT2D eigenvalue weighted by Gasteiger charge is 2.30. The summed E-state index contributed by atoms with van der Waals surface area (Å²) in [6.07, 6.45) is 5.34. The summed E-state index contributed by atoms with van der Waals surface area (Å²) in [6, 6.07) is 10.2. The van der Waals surface area contributed by atoms with E-state index in [1.54, 1.807) is 0 Å². The van der Waals surface area contributed by atoms with Crippen molar-refractivity contribution in [1.29, 1.82) is 0 Å². The molecular formula is C17H26N2S. The van der Waals surface area contributed by atoms with E-state index in [0.29, 0.717) is 12.1 Å². The summed E-state index contributed by atoms with van der Waals surface area (Å²) >= 11 is 2.14. The minimum absolute atomic E-state index is 0.532. The Morgan fingerprint density at radius 2 is 2.15 bits per heavy atom. The Morgan fingerprint density at radius 1 is 1.25 bits per heavy atom. The van der Waals surface area contributed by atoms with Crippen molar-refractivity contribution in [2.24, 2.45) is 0 Å². The van der Waals surface area contributed by atoms with Crippen molar-refractivity contribution in [2.75, 3.05) is 12.3 Å². The van der Waals surface area contributed by atoms with E-state index in [9.17, 15) is 0 Å². The van der Waals surface area contributed by atoms with Gasteiger partial charge in [0.15, 0.2) is 0 Å². The van der Waals surface area contributed by atoms with Gasteiger partial charge in [0.25, 0.3) is 0 Å². The maximum absolute atomic E-state index is 3.99. The van der Waals surface area contributed by atoms with Crippen LogP contribution in [0.25, 0.3) is 0 Å². The van der Waals surface area contributed by atoms with Gasteiger partial charge in [0.1, 0.15) is 0 Å². The molecule has 2 N–H and O–H groups in total. The number of benzene rings is 1. The Labute approximate surface area is 127 Å². The van der Waals surface area contributed by atoms with Gasteiger partial charge in [-0.05, 0) is 42.7 Å². The topological polar surface area (TPSA) is 24.1 Å². The SMILES string of the molecule is CCSC1CCCC1NC1CCNCc2ccccc21. The number of nitrogens with one attached hydrogen (secondary N) is 2. The monoisotopic (exact) mass is 290 g/mol. The second kappa shape index (κ2) is 6.97. The highest BCUT2D eigenvalue weighted by Crippen LogP contribution is 2.33. The zero-order chi connectivity index (χ0) is 13.8. The van der Waals surface area contributed by atoms with Crippen LogP contribution in [0.4, 0.5) is 0 Å². The van der Waals surface area contributed by atoms with Crippen molar-refractivity contribution in [3.8, 4) is 0 Å². The van der Waals surface area contributed by atoms with Crippen molar-refractivity contribution < 1.29 is 0 Å². The van der Waals surface area contributed by atoms with E-state index in [1.807, 2.05) is 0 Å². The maximum Gasteiger partial charge on any atom is 0.0338 e. The van der Waals surface area contributed by atoms with Gasteiger partial charge in [-0.2, -0.15) is 11.8 Å². The van der Waals surface area contributed by atoms with E-state index >= 15 is 0 Å². The Kier molecular flexibility index (Phi) is 5.03. The normalized spacial score (nSPS) is 29.9. The molecule has 3 heteroatoms. The quantitative estimate of drug-likeness (QED) is 0.887. The third-order valence-electron chi connectivity index (χ3n) is 4.60. The van der Waals surface area contributed by atoms with Crippen LogP contribution in [0, 0.1) is 0 Å². The molecule has 1 saturated carbocycles. The molecule has 20 heavy (non-hydrogen) atoms. The first kappa shape index (κ1) is 14.4. The molecule has 1 aromatic rings. The van der Waals surface area contributed by atoms with Crippen LogP contribution < -0.4 is 10.6 Å². The van der Waals surface area contributed by atoms with Crippen molar-refractivity contribution in [3.05, 3.63) is 35.4 Å². The van der Waals surface area contributed by atoms with Crippen molar-refractivity contribution in [1.82, 2.24) is 10.6 Å². The highest BCUT2D eigenvalue weighted by atomic mass is 32.2. The fraction of sp³-hybridized carbons (Fsp3) is 0.647. The molecule has 2 aliphatic rings. The minimum Gasteiger partial charge on any atom is -0.313 e. The van der Waals surface area contributed by atoms with Gasteiger partial charge in [-0.1, -0.05) is 37.6 Å². The van der Waals surface area contributed by atoms with Crippen LogP contribution >= 0.6 is 11.8 Å². The van der Waals surface area contributed by atoms with Crippen LogP contribution in [0.15, 0.2) is 24.3 Å². The average Bonchev–Trinajstić information content (AvgIpc) is 2.80. The van der Waals surface area contributed by atoms with Crippen LogP contribution in [0.2, 0.25) is 0 Å². The van der Waals surface area contributed by atoms with E-state index < -0.39 is 0 Å². The van der Waals surface area contributed by atoms with Gasteiger partial charge >= 0.3 is 0 Å². The lowest BCUT2D eigenvalue weighted by Gasteiger charge is -2.27. The Bertz CT molecular complexity index is 435. The molecule has 0 amide bonds. The lowest BCUT2D eigenvalue weighted by Crippen LogP contribution is -2.37. The predicted molar refractivity (Wildman–Crippen MR) is 88.2 cm³/mol. The molecule has 0 aromatic heterocycles. The second-order valence-corrected chi connectivity index (χ2v) is 7.43. The van der Waals surface area contributed by atoms with Crippen LogP contribution in [0.5, 0.6) is 0 Å². The Hall–Kier alpha value is -0.510. The van der Waals surface area contributed by atoms with Crippen LogP contribution in [0.1, 0.15) is 49.8 Å². The lowest BCUT2D eigenvalue weighted by atomic mass is 9.98. The van der Waals surface area contributed by atoms with Crippen LogP contribution in [-0.2, 0) is 6.54 Å². The molecule has 1 aromatic carbocycles. The van der Waals surface area contributed by atoms with Crippen LogP contribution in [0.3, 0.4) is 0 Å². The molecule has 2 nitrogen and oxygen atoms in total. The second-order valence-electron chi connectivity index (χ2n) is 5.91. The number of thioether (sulfide) groups is 1. The minimum atomic E-state index is 0.532. The molecular weight excluding hydrogens is 264 g/mol. The fourth-order valence-electron chi connectivity index (χ4n) is 3.62. The highest BCUT2D eigenvalue weighted by molar-refractivity contribution is 7.99. The van der Waals surface area contributed by atoms with Gasteiger partial charge in [-0.3, -0.25) is 0 Å². The van der Waals surface area contributed by atoms with Crippen molar-refractivity contribution >= 4 is 11.8 Å². The number of hydrogen-bond donors (Lipinski definition) is 2. The summed E-state index contributed by atoms with van der Waals surface area (Å²) in [5, 5.41) is 8.36. The number of rotatable bonds is 4. The molecule has 0 saturated heterocycles. The third kappa shape index (κ3) is 3.21. The van der Waals surface area contributed by atoms with Gasteiger partial charge in [0.2, 0.25) is 0 Å². The molecule has 1 fully saturated rings. The standard InChI is InChI=1S/C17H26N2S/c1-2-20-17-9-5-8-16(17)19-15-10-11-18-12-13-6-3-4-7-14(13)15/h3-4,6-7,15-19H,2,5,8-12H2,1H3.